The molecule has 89 valence electrons. The molecule has 0 amide bonds. The Morgan fingerprint density at radius 3 is 0.615 bits per heavy atom. The molecular formula is H8Cr2CuN2O8. The van der Waals surface area contributed by atoms with Gasteiger partial charge in [0.05, 0.1) is 0 Å². The maximum atomic E-state index is 8.59. The minimum absolute atomic E-state index is 0. The Morgan fingerprint density at radius 1 is 0.615 bits per heavy atom. The Morgan fingerprint density at radius 2 is 0.615 bits per heavy atom. The van der Waals surface area contributed by atoms with Crippen LogP contribution in [0.15, 0.2) is 0 Å². The fourth-order valence-electron chi connectivity index (χ4n) is 0. The first kappa shape index (κ1) is 29.2. The molecule has 13 heavy (non-hydrogen) atoms. The normalized spacial score (nSPS) is 8.92. The summed E-state index contributed by atoms with van der Waals surface area (Å²) >= 11 is -11.5. The van der Waals surface area contributed by atoms with E-state index in [-0.39, 0.29) is 29.4 Å². The summed E-state index contributed by atoms with van der Waals surface area (Å²) in [6.45, 7) is 0. The second-order valence-electron chi connectivity index (χ2n) is 0.816. The number of rotatable bonds is 0. The molecule has 0 unspecified atom stereocenters. The van der Waals surface area contributed by atoms with E-state index in [2.05, 4.69) is 0 Å². The first-order valence-corrected chi connectivity index (χ1v) is 5.50. The molecule has 0 bridgehead atoms. The maximum absolute atomic E-state index is 8.59. The fraction of sp³-hybridized carbons (Fsp3) is 0. The summed E-state index contributed by atoms with van der Waals surface area (Å²) in [7, 11) is 0. The first-order valence-electron chi connectivity index (χ1n) is 1.33. The van der Waals surface area contributed by atoms with Crippen molar-refractivity contribution in [3.05, 3.63) is 0 Å². The Balaban J connectivity index is -0.0000000267. The third-order valence-electron chi connectivity index (χ3n) is 0. The van der Waals surface area contributed by atoms with Crippen molar-refractivity contribution in [2.75, 3.05) is 0 Å². The zero-order valence-electron chi connectivity index (χ0n) is 6.38. The molecule has 0 spiro atoms. The molecule has 0 aromatic carbocycles. The summed E-state index contributed by atoms with van der Waals surface area (Å²) in [4.78, 5) is 0. The second-order valence-corrected chi connectivity index (χ2v) is 3.37. The van der Waals surface area contributed by atoms with E-state index in [1.807, 2.05) is 0 Å². The third-order valence-corrected chi connectivity index (χ3v) is 0. The van der Waals surface area contributed by atoms with Crippen LogP contribution in [0.2, 0.25) is 0 Å². The van der Waals surface area contributed by atoms with Crippen LogP contribution in [-0.2, 0) is 59.5 Å². The minimum atomic E-state index is -5.75. The van der Waals surface area contributed by atoms with Crippen LogP contribution < -0.4 is 28.9 Å². The number of quaternary nitrogens is 2. The van der Waals surface area contributed by atoms with Gasteiger partial charge < -0.3 is 12.3 Å². The summed E-state index contributed by atoms with van der Waals surface area (Å²) in [6, 6.07) is 0. The van der Waals surface area contributed by atoms with Crippen LogP contribution in [0.5, 0.6) is 0 Å². The van der Waals surface area contributed by atoms with Crippen molar-refractivity contribution in [2.45, 2.75) is 0 Å². The van der Waals surface area contributed by atoms with Gasteiger partial charge in [0.2, 0.25) is 0 Å². The molecule has 0 atom stereocenters. The van der Waals surface area contributed by atoms with E-state index in [0.717, 1.165) is 0 Å². The van der Waals surface area contributed by atoms with Crippen molar-refractivity contribution in [3.8, 4) is 0 Å². The van der Waals surface area contributed by atoms with E-state index >= 15 is 0 Å². The van der Waals surface area contributed by atoms with Gasteiger partial charge in [0.15, 0.2) is 0 Å². The summed E-state index contributed by atoms with van der Waals surface area (Å²) in [6.07, 6.45) is 0. The van der Waals surface area contributed by atoms with Gasteiger partial charge in [0, 0.05) is 0 Å². The molecule has 13 heteroatoms. The molecule has 10 nitrogen and oxygen atoms in total. The predicted octanol–water partition coefficient (Wildman–Crippen LogP) is -4.49. The fourth-order valence-corrected chi connectivity index (χ4v) is 0. The van der Waals surface area contributed by atoms with Gasteiger partial charge in [0.1, 0.15) is 0 Å². The van der Waals surface area contributed by atoms with Gasteiger partial charge >= 0.3 is 76.1 Å². The molecule has 0 heterocycles. The van der Waals surface area contributed by atoms with E-state index in [4.69, 9.17) is 31.8 Å². The van der Waals surface area contributed by atoms with E-state index in [1.54, 1.807) is 0 Å². The molecule has 8 N–H and O–H groups in total. The van der Waals surface area contributed by atoms with Crippen LogP contribution in [0.4, 0.5) is 0 Å². The van der Waals surface area contributed by atoms with Crippen molar-refractivity contribution in [1.82, 2.24) is 12.3 Å². The molecule has 0 rings (SSSR count). The summed E-state index contributed by atoms with van der Waals surface area (Å²) in [5.41, 5.74) is 0. The van der Waals surface area contributed by atoms with Crippen LogP contribution in [0.1, 0.15) is 0 Å². The van der Waals surface area contributed by atoms with Gasteiger partial charge in [-0.15, -0.1) is 0 Å². The first-order chi connectivity index (χ1) is 4.00. The molecule has 1 radical (unpaired) electrons. The van der Waals surface area contributed by atoms with E-state index in [1.165, 1.54) is 0 Å². The summed E-state index contributed by atoms with van der Waals surface area (Å²) in [5.74, 6) is 0. The Kier molecular flexibility index (Phi) is 23.9. The molecule has 0 saturated carbocycles. The molecule has 0 aliphatic rings. The van der Waals surface area contributed by atoms with Gasteiger partial charge in [-0.3, -0.25) is 0 Å². The van der Waals surface area contributed by atoms with E-state index in [0.29, 0.717) is 0 Å². The van der Waals surface area contributed by atoms with E-state index in [9.17, 15) is 0 Å². The Hall–Kier alpha value is 0.544. The van der Waals surface area contributed by atoms with Gasteiger partial charge in [0.25, 0.3) is 0 Å². The van der Waals surface area contributed by atoms with Gasteiger partial charge in [-0.25, -0.2) is 0 Å². The third kappa shape index (κ3) is 4710. The quantitative estimate of drug-likeness (QED) is 0.409. The Labute approximate surface area is 88.4 Å². The van der Waals surface area contributed by atoms with Crippen molar-refractivity contribution < 1.29 is 76.1 Å². The molecule has 0 aromatic heterocycles. The molecule has 0 saturated heterocycles. The van der Waals surface area contributed by atoms with Crippen LogP contribution in [0.3, 0.4) is 0 Å². The van der Waals surface area contributed by atoms with Gasteiger partial charge in [-0.2, -0.15) is 0 Å². The predicted molar refractivity (Wildman–Crippen MR) is 14.7 cm³/mol. The van der Waals surface area contributed by atoms with Crippen molar-refractivity contribution in [2.24, 2.45) is 0 Å². The average molecular weight is 332 g/mol. The van der Waals surface area contributed by atoms with Crippen molar-refractivity contribution >= 4 is 0 Å². The monoisotopic (exact) mass is 331 g/mol. The van der Waals surface area contributed by atoms with Crippen LogP contribution in [0, 0.1) is 0 Å². The Bertz CT molecular complexity index is 217. The number of hydrogen-bond acceptors (Lipinski definition) is 8. The molecule has 0 aliphatic carbocycles. The molecule has 0 fully saturated rings. The zero-order valence-corrected chi connectivity index (χ0v) is 9.88. The summed E-state index contributed by atoms with van der Waals surface area (Å²) < 4.78 is 68.8. The SMILES string of the molecule is [Cu+2].[NH4+].[NH4+].[O]=[Cr](=[O])([O-])[O-].[O]=[Cr](=[O])([O-])[O-]. The summed E-state index contributed by atoms with van der Waals surface area (Å²) in [5, 5.41) is 0. The molecule has 0 aliphatic heterocycles. The van der Waals surface area contributed by atoms with Crippen molar-refractivity contribution in [1.29, 1.82) is 0 Å². The van der Waals surface area contributed by atoms with Crippen LogP contribution >= 0.6 is 0 Å². The standard InChI is InChI=1S/2Cr.Cu.2H3N.8O/h;;;2*1H3;;;;;;;;/q;;+2;;;;;;;4*-1/p+2. The molecule has 0 aromatic rings. The molecular weight excluding hydrogens is 324 g/mol. The second kappa shape index (κ2) is 10.6. The van der Waals surface area contributed by atoms with Crippen molar-refractivity contribution in [3.63, 3.8) is 0 Å². The average Bonchev–Trinajstić information content (AvgIpc) is 1.12. The van der Waals surface area contributed by atoms with Gasteiger partial charge in [-0.1, -0.05) is 0 Å². The van der Waals surface area contributed by atoms with E-state index < -0.39 is 27.2 Å². The van der Waals surface area contributed by atoms with Crippen LogP contribution in [-0.4, -0.2) is 0 Å². The number of hydrogen-bond donors (Lipinski definition) is 2. The topological polar surface area (TPSA) is 234 Å². The van der Waals surface area contributed by atoms with Crippen LogP contribution in [0.25, 0.3) is 0 Å². The van der Waals surface area contributed by atoms with Gasteiger partial charge in [-0.05, 0) is 0 Å². The zero-order chi connectivity index (χ0) is 9.00.